The van der Waals surface area contributed by atoms with Crippen LogP contribution in [0.4, 0.5) is 10.5 Å². The van der Waals surface area contributed by atoms with Crippen LogP contribution in [0.1, 0.15) is 17.8 Å². The first kappa shape index (κ1) is 19.0. The molecule has 2 aromatic rings. The van der Waals surface area contributed by atoms with Crippen LogP contribution in [0, 0.1) is 13.8 Å². The fourth-order valence-electron chi connectivity index (χ4n) is 3.10. The topological polar surface area (TPSA) is 87.7 Å². The van der Waals surface area contributed by atoms with Crippen molar-refractivity contribution < 1.29 is 14.3 Å². The van der Waals surface area contributed by atoms with Gasteiger partial charge < -0.3 is 19.9 Å². The first-order valence-electron chi connectivity index (χ1n) is 9.05. The van der Waals surface area contributed by atoms with Crippen LogP contribution in [0.15, 0.2) is 18.2 Å². The fraction of sp³-hybridized carbons (Fsp3) is 0.474. The Morgan fingerprint density at radius 2 is 1.70 bits per heavy atom. The summed E-state index contributed by atoms with van der Waals surface area (Å²) in [5.74, 6) is -0.0430. The summed E-state index contributed by atoms with van der Waals surface area (Å²) in [4.78, 5) is 37.1. The number of aromatic nitrogens is 2. The van der Waals surface area contributed by atoms with Gasteiger partial charge in [-0.25, -0.2) is 14.8 Å². The van der Waals surface area contributed by atoms with Gasteiger partial charge in [-0.1, -0.05) is 0 Å². The monoisotopic (exact) mass is 371 g/mol. The van der Waals surface area contributed by atoms with Crippen molar-refractivity contribution in [3.63, 3.8) is 0 Å². The van der Waals surface area contributed by atoms with E-state index in [2.05, 4.69) is 15.3 Å². The van der Waals surface area contributed by atoms with Crippen LogP contribution in [0.2, 0.25) is 0 Å². The molecule has 1 aromatic heterocycles. The SMILES string of the molecule is COCC(=O)N1CCCN(C(=O)Nc2ccc3nc(C)c(C)nc3c2)CC1. The van der Waals surface area contributed by atoms with E-state index in [-0.39, 0.29) is 18.5 Å². The average molecular weight is 371 g/mol. The normalized spacial score (nSPS) is 14.9. The van der Waals surface area contributed by atoms with Gasteiger partial charge in [0, 0.05) is 39.0 Å². The molecular weight excluding hydrogens is 346 g/mol. The number of anilines is 1. The largest absolute Gasteiger partial charge is 0.375 e. The molecule has 3 rings (SSSR count). The molecule has 0 atom stereocenters. The van der Waals surface area contributed by atoms with E-state index in [1.54, 1.807) is 9.80 Å². The number of nitrogens with one attached hydrogen (secondary N) is 1. The second-order valence-corrected chi connectivity index (χ2v) is 6.68. The zero-order valence-corrected chi connectivity index (χ0v) is 16.0. The standard InChI is InChI=1S/C19H25N5O3/c1-13-14(2)21-17-11-15(5-6-16(17)20-13)22-19(26)24-8-4-7-23(9-10-24)18(25)12-27-3/h5-6,11H,4,7-10,12H2,1-3H3,(H,22,26). The second-order valence-electron chi connectivity index (χ2n) is 6.68. The summed E-state index contributed by atoms with van der Waals surface area (Å²) in [7, 11) is 1.51. The van der Waals surface area contributed by atoms with Crippen molar-refractivity contribution in [1.29, 1.82) is 0 Å². The summed E-state index contributed by atoms with van der Waals surface area (Å²) in [6.45, 7) is 6.16. The molecule has 1 saturated heterocycles. The summed E-state index contributed by atoms with van der Waals surface area (Å²) < 4.78 is 4.91. The van der Waals surface area contributed by atoms with Crippen molar-refractivity contribution in [2.24, 2.45) is 0 Å². The Morgan fingerprint density at radius 3 is 2.44 bits per heavy atom. The number of hydrogen-bond acceptors (Lipinski definition) is 5. The quantitative estimate of drug-likeness (QED) is 0.891. The van der Waals surface area contributed by atoms with Gasteiger partial charge >= 0.3 is 6.03 Å². The molecule has 1 fully saturated rings. The summed E-state index contributed by atoms with van der Waals surface area (Å²) in [6, 6.07) is 5.35. The lowest BCUT2D eigenvalue weighted by Gasteiger charge is -2.22. The van der Waals surface area contributed by atoms with Crippen LogP contribution in [-0.2, 0) is 9.53 Å². The molecule has 1 aromatic carbocycles. The first-order chi connectivity index (χ1) is 13.0. The van der Waals surface area contributed by atoms with Crippen molar-refractivity contribution in [2.45, 2.75) is 20.3 Å². The maximum atomic E-state index is 12.6. The van der Waals surface area contributed by atoms with Crippen LogP contribution < -0.4 is 5.32 Å². The smallest absolute Gasteiger partial charge is 0.321 e. The van der Waals surface area contributed by atoms with E-state index in [1.165, 1.54) is 7.11 Å². The molecule has 8 heteroatoms. The second kappa shape index (κ2) is 8.30. The number of methoxy groups -OCH3 is 1. The van der Waals surface area contributed by atoms with Crippen LogP contribution >= 0.6 is 0 Å². The van der Waals surface area contributed by atoms with Gasteiger partial charge in [0.1, 0.15) is 6.61 Å². The first-order valence-corrected chi connectivity index (χ1v) is 9.05. The third kappa shape index (κ3) is 4.51. The molecule has 1 N–H and O–H groups in total. The number of carbonyl (C=O) groups excluding carboxylic acids is 2. The summed E-state index contributed by atoms with van der Waals surface area (Å²) >= 11 is 0. The molecule has 27 heavy (non-hydrogen) atoms. The number of aryl methyl sites for hydroxylation is 2. The molecule has 0 spiro atoms. The number of rotatable bonds is 3. The van der Waals surface area contributed by atoms with Crippen molar-refractivity contribution in [2.75, 3.05) is 45.2 Å². The zero-order chi connectivity index (χ0) is 19.4. The summed E-state index contributed by atoms with van der Waals surface area (Å²) in [5, 5.41) is 2.93. The predicted molar refractivity (Wildman–Crippen MR) is 103 cm³/mol. The highest BCUT2D eigenvalue weighted by Gasteiger charge is 2.22. The third-order valence-electron chi connectivity index (χ3n) is 4.73. The molecule has 3 amide bonds. The Bertz CT molecular complexity index is 855. The van der Waals surface area contributed by atoms with E-state index in [0.717, 1.165) is 28.8 Å². The molecule has 0 unspecified atom stereocenters. The van der Waals surface area contributed by atoms with Gasteiger partial charge in [-0.15, -0.1) is 0 Å². The molecule has 0 aliphatic carbocycles. The van der Waals surface area contributed by atoms with Gasteiger partial charge in [0.05, 0.1) is 22.4 Å². The van der Waals surface area contributed by atoms with Crippen LogP contribution in [-0.4, -0.2) is 71.6 Å². The predicted octanol–water partition coefficient (Wildman–Crippen LogP) is 1.96. The highest BCUT2D eigenvalue weighted by atomic mass is 16.5. The van der Waals surface area contributed by atoms with E-state index >= 15 is 0 Å². The molecule has 144 valence electrons. The van der Waals surface area contributed by atoms with E-state index in [0.29, 0.717) is 31.9 Å². The van der Waals surface area contributed by atoms with Crippen molar-refractivity contribution in [3.8, 4) is 0 Å². The Labute approximate surface area is 158 Å². The van der Waals surface area contributed by atoms with E-state index in [4.69, 9.17) is 4.74 Å². The van der Waals surface area contributed by atoms with Gasteiger partial charge in [0.25, 0.3) is 0 Å². The third-order valence-corrected chi connectivity index (χ3v) is 4.73. The molecule has 8 nitrogen and oxygen atoms in total. The number of ether oxygens (including phenoxy) is 1. The van der Waals surface area contributed by atoms with Crippen molar-refractivity contribution in [3.05, 3.63) is 29.6 Å². The molecule has 1 aliphatic rings. The van der Waals surface area contributed by atoms with Crippen molar-refractivity contribution >= 4 is 28.7 Å². The lowest BCUT2D eigenvalue weighted by atomic mass is 10.2. The van der Waals surface area contributed by atoms with E-state index in [9.17, 15) is 9.59 Å². The molecule has 2 heterocycles. The number of fused-ring (bicyclic) bond motifs is 1. The van der Waals surface area contributed by atoms with E-state index < -0.39 is 0 Å². The lowest BCUT2D eigenvalue weighted by molar-refractivity contribution is -0.134. The Morgan fingerprint density at radius 1 is 1.04 bits per heavy atom. The van der Waals surface area contributed by atoms with Gasteiger partial charge in [0.2, 0.25) is 5.91 Å². The molecule has 0 bridgehead atoms. The molecule has 1 aliphatic heterocycles. The summed E-state index contributed by atoms with van der Waals surface area (Å²) in [5.41, 5.74) is 4.01. The lowest BCUT2D eigenvalue weighted by Crippen LogP contribution is -2.40. The number of carbonyl (C=O) groups is 2. The number of amides is 3. The zero-order valence-electron chi connectivity index (χ0n) is 16.0. The number of benzene rings is 1. The highest BCUT2D eigenvalue weighted by molar-refractivity contribution is 5.92. The minimum absolute atomic E-state index is 0.0430. The minimum atomic E-state index is -0.174. The Kier molecular flexibility index (Phi) is 5.85. The molecule has 0 saturated carbocycles. The molecular formula is C19H25N5O3. The van der Waals surface area contributed by atoms with Gasteiger partial charge in [-0.05, 0) is 38.5 Å². The Hall–Kier alpha value is -2.74. The number of urea groups is 1. The maximum absolute atomic E-state index is 12.6. The summed E-state index contributed by atoms with van der Waals surface area (Å²) in [6.07, 6.45) is 0.741. The van der Waals surface area contributed by atoms with E-state index in [1.807, 2.05) is 32.0 Å². The van der Waals surface area contributed by atoms with Crippen LogP contribution in [0.5, 0.6) is 0 Å². The minimum Gasteiger partial charge on any atom is -0.375 e. The Balaban J connectivity index is 1.65. The van der Waals surface area contributed by atoms with Crippen LogP contribution in [0.25, 0.3) is 11.0 Å². The maximum Gasteiger partial charge on any atom is 0.321 e. The number of nitrogens with zero attached hydrogens (tertiary/aromatic N) is 4. The van der Waals surface area contributed by atoms with Gasteiger partial charge in [-0.2, -0.15) is 0 Å². The fourth-order valence-corrected chi connectivity index (χ4v) is 3.10. The molecule has 0 radical (unpaired) electrons. The average Bonchev–Trinajstić information content (AvgIpc) is 2.89. The van der Waals surface area contributed by atoms with Crippen LogP contribution in [0.3, 0.4) is 0 Å². The van der Waals surface area contributed by atoms with Gasteiger partial charge in [0.15, 0.2) is 0 Å². The highest BCUT2D eigenvalue weighted by Crippen LogP contribution is 2.18. The van der Waals surface area contributed by atoms with Crippen molar-refractivity contribution in [1.82, 2.24) is 19.8 Å². The van der Waals surface area contributed by atoms with Gasteiger partial charge in [-0.3, -0.25) is 4.79 Å². The number of hydrogen-bond donors (Lipinski definition) is 1.